The Bertz CT molecular complexity index is 607. The molecule has 2 heterocycles. The molecule has 12 heteroatoms. The highest BCUT2D eigenvalue weighted by molar-refractivity contribution is 7.24. The standard InChI is InChI=1S/C9H13N4O7P/c10-7-4(8(11)16)12-2-13(7)9-6(15)5(14)3(20-9)1-19-21(17)18/h2-3,5-6,9,14-15H,1,10H2,(H2,11,16)/t3-,5+,6?,9-/m1/s1. The van der Waals surface area contributed by atoms with Gasteiger partial charge in [-0.1, -0.05) is 0 Å². The molecule has 1 fully saturated rings. The van der Waals surface area contributed by atoms with E-state index in [1.165, 1.54) is 0 Å². The lowest BCUT2D eigenvalue weighted by Crippen LogP contribution is -2.33. The maximum Gasteiger partial charge on any atom is 0.468 e. The highest BCUT2D eigenvalue weighted by Gasteiger charge is 2.44. The quantitative estimate of drug-likeness (QED) is 0.459. The Kier molecular flexibility index (Phi) is 4.40. The average Bonchev–Trinajstić information content (AvgIpc) is 2.90. The van der Waals surface area contributed by atoms with Crippen LogP contribution in [0, 0.1) is 0 Å². The van der Waals surface area contributed by atoms with E-state index in [0.29, 0.717) is 0 Å². The van der Waals surface area contributed by atoms with Crippen molar-refractivity contribution in [3.63, 3.8) is 0 Å². The fourth-order valence-corrected chi connectivity index (χ4v) is 2.26. The Morgan fingerprint density at radius 2 is 2.14 bits per heavy atom. The third-order valence-corrected chi connectivity index (χ3v) is 3.38. The molecular weight excluding hydrogens is 307 g/mol. The molecular formula is C9H13N4O7P. The number of primary amides is 1. The number of aliphatic hydroxyl groups is 2. The summed E-state index contributed by atoms with van der Waals surface area (Å²) in [4.78, 5) is 14.7. The second-order valence-corrected chi connectivity index (χ2v) is 5.02. The molecule has 1 aromatic heterocycles. The van der Waals surface area contributed by atoms with Crippen LogP contribution in [0.4, 0.5) is 5.82 Å². The van der Waals surface area contributed by atoms with Crippen molar-refractivity contribution in [2.24, 2.45) is 5.73 Å². The van der Waals surface area contributed by atoms with E-state index < -0.39 is 45.0 Å². The van der Waals surface area contributed by atoms with Crippen molar-refractivity contribution >= 4 is 19.6 Å². The topological polar surface area (TPSA) is 180 Å². The molecule has 1 saturated heterocycles. The lowest BCUT2D eigenvalue weighted by Gasteiger charge is -2.17. The first-order valence-electron chi connectivity index (χ1n) is 5.74. The molecule has 0 spiro atoms. The number of anilines is 1. The Balaban J connectivity index is 2.19. The third-order valence-electron chi connectivity index (χ3n) is 3.02. The highest BCUT2D eigenvalue weighted by atomic mass is 31.1. The molecule has 1 aliphatic heterocycles. The van der Waals surface area contributed by atoms with E-state index in [1.54, 1.807) is 0 Å². The van der Waals surface area contributed by atoms with Crippen LogP contribution in [0.1, 0.15) is 16.7 Å². The monoisotopic (exact) mass is 320 g/mol. The fraction of sp³-hybridized carbons (Fsp3) is 0.556. The van der Waals surface area contributed by atoms with Gasteiger partial charge in [-0.2, -0.15) is 0 Å². The van der Waals surface area contributed by atoms with Crippen LogP contribution in [0.5, 0.6) is 0 Å². The van der Waals surface area contributed by atoms with Crippen LogP contribution in [-0.4, -0.2) is 50.6 Å². The number of nitrogens with two attached hydrogens (primary N) is 2. The van der Waals surface area contributed by atoms with Gasteiger partial charge in [-0.05, 0) is 0 Å². The molecule has 1 unspecified atom stereocenters. The molecule has 21 heavy (non-hydrogen) atoms. The molecule has 11 nitrogen and oxygen atoms in total. The number of nitrogens with zero attached hydrogens (tertiary/aromatic N) is 2. The molecule has 0 saturated carbocycles. The van der Waals surface area contributed by atoms with Gasteiger partial charge in [-0.3, -0.25) is 13.9 Å². The molecule has 0 radical (unpaired) electrons. The predicted molar refractivity (Wildman–Crippen MR) is 65.3 cm³/mol. The van der Waals surface area contributed by atoms with Crippen LogP contribution in [0.25, 0.3) is 0 Å². The summed E-state index contributed by atoms with van der Waals surface area (Å²) in [6.07, 6.45) is -3.94. The summed E-state index contributed by atoms with van der Waals surface area (Å²) < 4.78 is 31.5. The first kappa shape index (κ1) is 15.6. The lowest BCUT2D eigenvalue weighted by atomic mass is 10.1. The van der Waals surface area contributed by atoms with Crippen LogP contribution in [0.15, 0.2) is 6.33 Å². The summed E-state index contributed by atoms with van der Waals surface area (Å²) in [5, 5.41) is 19.7. The molecule has 0 bridgehead atoms. The number of rotatable bonds is 5. The number of carbonyl (C=O) groups is 1. The van der Waals surface area contributed by atoms with Crippen LogP contribution in [0.2, 0.25) is 0 Å². The number of carbonyl (C=O) groups excluding carboxylic acids is 1. The van der Waals surface area contributed by atoms with Crippen LogP contribution in [0.3, 0.4) is 0 Å². The Labute approximate surface area is 118 Å². The number of hydrogen-bond donors (Lipinski definition) is 4. The van der Waals surface area contributed by atoms with E-state index in [9.17, 15) is 24.1 Å². The maximum atomic E-state index is 11.1. The largest absolute Gasteiger partial charge is 0.468 e. The van der Waals surface area contributed by atoms with E-state index >= 15 is 0 Å². The van der Waals surface area contributed by atoms with Gasteiger partial charge in [-0.15, -0.1) is 0 Å². The van der Waals surface area contributed by atoms with Crippen molar-refractivity contribution in [2.45, 2.75) is 24.5 Å². The summed E-state index contributed by atoms with van der Waals surface area (Å²) in [5.41, 5.74) is 10.5. The second kappa shape index (κ2) is 5.92. The van der Waals surface area contributed by atoms with Crippen molar-refractivity contribution in [1.29, 1.82) is 0 Å². The van der Waals surface area contributed by atoms with Crippen LogP contribution in [-0.2, 0) is 18.4 Å². The minimum atomic E-state index is -3.11. The van der Waals surface area contributed by atoms with Gasteiger partial charge in [0.1, 0.15) is 24.1 Å². The molecule has 1 aliphatic rings. The number of aliphatic hydroxyl groups excluding tert-OH is 2. The normalized spacial score (nSPS) is 28.7. The van der Waals surface area contributed by atoms with Crippen molar-refractivity contribution < 1.29 is 33.4 Å². The fourth-order valence-electron chi connectivity index (χ4n) is 1.99. The number of aromatic nitrogens is 2. The predicted octanol–water partition coefficient (Wildman–Crippen LogP) is -1.71. The van der Waals surface area contributed by atoms with Gasteiger partial charge in [0.25, 0.3) is 5.91 Å². The Morgan fingerprint density at radius 3 is 2.67 bits per heavy atom. The molecule has 4 atom stereocenters. The summed E-state index contributed by atoms with van der Waals surface area (Å²) in [7, 11) is -3.11. The van der Waals surface area contributed by atoms with Crippen molar-refractivity contribution in [1.82, 2.24) is 9.55 Å². The number of imidazole rings is 1. The molecule has 6 N–H and O–H groups in total. The van der Waals surface area contributed by atoms with Gasteiger partial charge in [0.2, 0.25) is 0 Å². The van der Waals surface area contributed by atoms with E-state index in [4.69, 9.17) is 16.2 Å². The van der Waals surface area contributed by atoms with E-state index in [2.05, 4.69) is 9.51 Å². The van der Waals surface area contributed by atoms with Gasteiger partial charge in [0.15, 0.2) is 11.9 Å². The zero-order valence-electron chi connectivity index (χ0n) is 10.5. The number of amides is 1. The van der Waals surface area contributed by atoms with Gasteiger partial charge in [-0.25, -0.2) is 14.1 Å². The minimum Gasteiger partial charge on any atom is -0.387 e. The average molecular weight is 320 g/mol. The number of nitrogen functional groups attached to an aromatic ring is 1. The molecule has 0 aliphatic carbocycles. The third kappa shape index (κ3) is 2.96. The molecule has 1 aromatic rings. The van der Waals surface area contributed by atoms with E-state index in [1.807, 2.05) is 0 Å². The Morgan fingerprint density at radius 1 is 1.48 bits per heavy atom. The molecule has 0 aromatic carbocycles. The van der Waals surface area contributed by atoms with Gasteiger partial charge in [0, 0.05) is 0 Å². The lowest BCUT2D eigenvalue weighted by molar-refractivity contribution is -0.0476. The first-order valence-corrected chi connectivity index (χ1v) is 6.83. The first-order chi connectivity index (χ1) is 9.82. The van der Waals surface area contributed by atoms with Gasteiger partial charge in [0.05, 0.1) is 12.9 Å². The minimum absolute atomic E-state index is 0.143. The molecule has 116 valence electrons. The van der Waals surface area contributed by atoms with Crippen molar-refractivity contribution in [3.8, 4) is 0 Å². The van der Waals surface area contributed by atoms with Crippen LogP contribution < -0.4 is 11.5 Å². The zero-order valence-corrected chi connectivity index (χ0v) is 11.4. The highest BCUT2D eigenvalue weighted by Crippen LogP contribution is 2.32. The van der Waals surface area contributed by atoms with E-state index in [-0.39, 0.29) is 11.5 Å². The van der Waals surface area contributed by atoms with Crippen LogP contribution >= 0.6 is 7.91 Å². The SMILES string of the molecule is NC(=O)c1ncn([C@@H]2O[C@H](COP(=O)=O)[C@H](O)C2O)c1N. The van der Waals surface area contributed by atoms with E-state index in [0.717, 1.165) is 10.9 Å². The molecule has 1 amide bonds. The summed E-state index contributed by atoms with van der Waals surface area (Å²) >= 11 is 0. The van der Waals surface area contributed by atoms with Crippen molar-refractivity contribution in [2.75, 3.05) is 12.3 Å². The van der Waals surface area contributed by atoms with Gasteiger partial charge < -0.3 is 26.4 Å². The number of hydrogen-bond acceptors (Lipinski definition) is 9. The zero-order chi connectivity index (χ0) is 15.7. The number of ether oxygens (including phenoxy) is 1. The van der Waals surface area contributed by atoms with Crippen molar-refractivity contribution in [3.05, 3.63) is 12.0 Å². The smallest absolute Gasteiger partial charge is 0.387 e. The summed E-state index contributed by atoms with van der Waals surface area (Å²) in [6, 6.07) is 0. The van der Waals surface area contributed by atoms with Gasteiger partial charge >= 0.3 is 7.91 Å². The second-order valence-electron chi connectivity index (χ2n) is 4.32. The summed E-state index contributed by atoms with van der Waals surface area (Å²) in [6.45, 7) is -0.468. The molecule has 2 rings (SSSR count). The summed E-state index contributed by atoms with van der Waals surface area (Å²) in [5.74, 6) is -1.00. The Hall–Kier alpha value is -1.78. The maximum absolute atomic E-state index is 11.1.